The highest BCUT2D eigenvalue weighted by atomic mass is 35.5. The quantitative estimate of drug-likeness (QED) is 0.363. The minimum atomic E-state index is -0.577. The molecule has 0 aliphatic carbocycles. The molecule has 1 amide bonds. The molecule has 0 rings (SSSR count). The van der Waals surface area contributed by atoms with E-state index in [0.717, 1.165) is 12.8 Å². The van der Waals surface area contributed by atoms with Crippen molar-refractivity contribution in [3.63, 3.8) is 0 Å². The monoisotopic (exact) mass is 317 g/mol. The molecule has 0 saturated heterocycles. The fourth-order valence-corrected chi connectivity index (χ4v) is 2.37. The van der Waals surface area contributed by atoms with Crippen LogP contribution in [0.15, 0.2) is 0 Å². The average molecular weight is 318 g/mol. The Balaban J connectivity index is 3.25. The summed E-state index contributed by atoms with van der Waals surface area (Å²) < 4.78 is 0. The van der Waals surface area contributed by atoms with E-state index in [9.17, 15) is 9.59 Å². The molecule has 0 aromatic rings. The Morgan fingerprint density at radius 2 is 1.29 bits per heavy atom. The van der Waals surface area contributed by atoms with Gasteiger partial charge in [-0.05, 0) is 24.9 Å². The van der Waals surface area contributed by atoms with Gasteiger partial charge >= 0.3 is 0 Å². The largest absolute Gasteiger partial charge is 0.345 e. The number of carbonyl (C=O) groups excluding carboxylic acids is 2. The summed E-state index contributed by atoms with van der Waals surface area (Å²) in [5.74, 6) is -0.0765. The van der Waals surface area contributed by atoms with Crippen LogP contribution in [0.4, 0.5) is 0 Å². The van der Waals surface area contributed by atoms with E-state index in [1.54, 1.807) is 6.92 Å². The van der Waals surface area contributed by atoms with Crippen LogP contribution < -0.4 is 5.32 Å². The molecule has 0 aromatic carbocycles. The molecule has 3 nitrogen and oxygen atoms in total. The van der Waals surface area contributed by atoms with Crippen molar-refractivity contribution in [2.45, 2.75) is 96.9 Å². The van der Waals surface area contributed by atoms with E-state index in [0.29, 0.717) is 6.42 Å². The van der Waals surface area contributed by atoms with Gasteiger partial charge in [0.1, 0.15) is 6.04 Å². The number of hydrogen-bond donors (Lipinski definition) is 1. The Morgan fingerprint density at radius 1 is 0.857 bits per heavy atom. The lowest BCUT2D eigenvalue weighted by atomic mass is 10.1. The van der Waals surface area contributed by atoms with Gasteiger partial charge in [-0.3, -0.25) is 9.59 Å². The molecular formula is C17H32ClNO2. The van der Waals surface area contributed by atoms with E-state index in [4.69, 9.17) is 11.6 Å². The molecule has 1 unspecified atom stereocenters. The molecule has 0 aromatic heterocycles. The number of carbonyl (C=O) groups is 2. The second kappa shape index (κ2) is 14.4. The highest BCUT2D eigenvalue weighted by Gasteiger charge is 2.12. The van der Waals surface area contributed by atoms with Crippen LogP contribution in [0.1, 0.15) is 90.9 Å². The first-order chi connectivity index (χ1) is 10.1. The average Bonchev–Trinajstić information content (AvgIpc) is 2.44. The second-order valence-corrected chi connectivity index (χ2v) is 6.25. The van der Waals surface area contributed by atoms with Gasteiger partial charge in [0.25, 0.3) is 0 Å². The Labute approximate surface area is 135 Å². The summed E-state index contributed by atoms with van der Waals surface area (Å²) in [5.41, 5.74) is 0. The highest BCUT2D eigenvalue weighted by Crippen LogP contribution is 2.11. The number of halogens is 1. The Bertz CT molecular complexity index is 282. The van der Waals surface area contributed by atoms with Gasteiger partial charge in [-0.2, -0.15) is 0 Å². The lowest BCUT2D eigenvalue weighted by Crippen LogP contribution is -2.36. The molecule has 1 N–H and O–H groups in total. The van der Waals surface area contributed by atoms with Gasteiger partial charge < -0.3 is 5.32 Å². The van der Waals surface area contributed by atoms with Crippen molar-refractivity contribution in [3.05, 3.63) is 0 Å². The molecular weight excluding hydrogens is 286 g/mol. The first-order valence-corrected chi connectivity index (χ1v) is 8.94. The molecule has 0 radical (unpaired) electrons. The number of hydrogen-bond acceptors (Lipinski definition) is 2. The molecule has 0 fully saturated rings. The van der Waals surface area contributed by atoms with Crippen LogP contribution in [-0.4, -0.2) is 17.2 Å². The molecule has 124 valence electrons. The van der Waals surface area contributed by atoms with E-state index >= 15 is 0 Å². The second-order valence-electron chi connectivity index (χ2n) is 5.88. The van der Waals surface area contributed by atoms with Crippen LogP contribution in [0, 0.1) is 0 Å². The molecule has 0 aliphatic heterocycles. The molecule has 21 heavy (non-hydrogen) atoms. The van der Waals surface area contributed by atoms with Crippen molar-refractivity contribution in [2.75, 3.05) is 0 Å². The van der Waals surface area contributed by atoms with Crippen molar-refractivity contribution in [3.8, 4) is 0 Å². The van der Waals surface area contributed by atoms with Gasteiger partial charge in [-0.25, -0.2) is 0 Å². The van der Waals surface area contributed by atoms with Crippen LogP contribution >= 0.6 is 11.6 Å². The summed E-state index contributed by atoms with van der Waals surface area (Å²) >= 11 is 5.29. The van der Waals surface area contributed by atoms with Crippen LogP contribution in [0.3, 0.4) is 0 Å². The molecule has 0 spiro atoms. The minimum Gasteiger partial charge on any atom is -0.345 e. The zero-order valence-electron chi connectivity index (χ0n) is 13.8. The van der Waals surface area contributed by atoms with Gasteiger partial charge in [0.2, 0.25) is 11.1 Å². The summed E-state index contributed by atoms with van der Waals surface area (Å²) in [5, 5.41) is 2.08. The Kier molecular flexibility index (Phi) is 14.0. The first-order valence-electron chi connectivity index (χ1n) is 8.56. The maximum atomic E-state index is 11.5. The lowest BCUT2D eigenvalue weighted by Gasteiger charge is -2.09. The Morgan fingerprint density at radius 3 is 1.71 bits per heavy atom. The van der Waals surface area contributed by atoms with E-state index in [-0.39, 0.29) is 5.91 Å². The summed E-state index contributed by atoms with van der Waals surface area (Å²) in [7, 11) is 0. The molecule has 1 atom stereocenters. The van der Waals surface area contributed by atoms with E-state index in [1.165, 1.54) is 57.8 Å². The third kappa shape index (κ3) is 14.1. The first kappa shape index (κ1) is 20.4. The van der Waals surface area contributed by atoms with Crippen molar-refractivity contribution in [2.24, 2.45) is 0 Å². The van der Waals surface area contributed by atoms with Crippen LogP contribution in [0.5, 0.6) is 0 Å². The van der Waals surface area contributed by atoms with E-state index in [1.807, 2.05) is 0 Å². The molecule has 0 saturated carbocycles. The number of amides is 1. The topological polar surface area (TPSA) is 46.2 Å². The van der Waals surface area contributed by atoms with E-state index in [2.05, 4.69) is 12.2 Å². The summed E-state index contributed by atoms with van der Waals surface area (Å²) in [6.45, 7) is 3.85. The van der Waals surface area contributed by atoms with Crippen molar-refractivity contribution in [1.29, 1.82) is 0 Å². The molecule has 0 bridgehead atoms. The van der Waals surface area contributed by atoms with Gasteiger partial charge in [0.05, 0.1) is 0 Å². The van der Waals surface area contributed by atoms with E-state index < -0.39 is 11.3 Å². The lowest BCUT2D eigenvalue weighted by molar-refractivity contribution is -0.124. The number of rotatable bonds is 14. The minimum absolute atomic E-state index is 0.0765. The van der Waals surface area contributed by atoms with Gasteiger partial charge in [-0.15, -0.1) is 0 Å². The smallest absolute Gasteiger partial charge is 0.243 e. The number of unbranched alkanes of at least 4 members (excludes halogenated alkanes) is 10. The normalized spacial score (nSPS) is 12.1. The Hall–Kier alpha value is -0.570. The third-order valence-electron chi connectivity index (χ3n) is 3.73. The zero-order chi connectivity index (χ0) is 15.9. The maximum Gasteiger partial charge on any atom is 0.243 e. The fraction of sp³-hybridized carbons (Fsp3) is 0.882. The van der Waals surface area contributed by atoms with Crippen LogP contribution in [0.2, 0.25) is 0 Å². The van der Waals surface area contributed by atoms with Gasteiger partial charge in [0.15, 0.2) is 0 Å². The van der Waals surface area contributed by atoms with Crippen molar-refractivity contribution >= 4 is 22.8 Å². The summed E-state index contributed by atoms with van der Waals surface area (Å²) in [6.07, 6.45) is 14.4. The van der Waals surface area contributed by atoms with Crippen LogP contribution in [-0.2, 0) is 9.59 Å². The highest BCUT2D eigenvalue weighted by molar-refractivity contribution is 6.64. The molecule has 4 heteroatoms. The van der Waals surface area contributed by atoms with Crippen molar-refractivity contribution in [1.82, 2.24) is 5.32 Å². The van der Waals surface area contributed by atoms with Crippen LogP contribution in [0.25, 0.3) is 0 Å². The fourth-order valence-electron chi connectivity index (χ4n) is 2.32. The van der Waals surface area contributed by atoms with Gasteiger partial charge in [0, 0.05) is 6.42 Å². The van der Waals surface area contributed by atoms with Crippen molar-refractivity contribution < 1.29 is 9.59 Å². The third-order valence-corrected chi connectivity index (χ3v) is 4.05. The SMILES string of the molecule is CCCCCCCCCCCCCC(=O)NC(C)C(=O)Cl. The molecule has 0 heterocycles. The zero-order valence-corrected chi connectivity index (χ0v) is 14.5. The molecule has 0 aliphatic rings. The predicted molar refractivity (Wildman–Crippen MR) is 89.5 cm³/mol. The summed E-state index contributed by atoms with van der Waals surface area (Å²) in [6, 6.07) is -0.577. The maximum absolute atomic E-state index is 11.5. The summed E-state index contributed by atoms with van der Waals surface area (Å²) in [4.78, 5) is 22.3. The van der Waals surface area contributed by atoms with Gasteiger partial charge in [-0.1, -0.05) is 71.1 Å². The standard InChI is InChI=1S/C17H32ClNO2/c1-3-4-5-6-7-8-9-10-11-12-13-14-16(20)19-15(2)17(18)21/h15H,3-14H2,1-2H3,(H,19,20). The number of nitrogens with one attached hydrogen (secondary N) is 1. The predicted octanol–water partition coefficient (Wildman–Crippen LogP) is 4.96.